The second-order valence-corrected chi connectivity index (χ2v) is 10.5. The fourth-order valence-corrected chi connectivity index (χ4v) is 6.67. The Bertz CT molecular complexity index is 565. The van der Waals surface area contributed by atoms with Crippen molar-refractivity contribution in [1.82, 2.24) is 15.5 Å². The molecule has 2 N–H and O–H groups in total. The zero-order valence-corrected chi connectivity index (χ0v) is 18.3. The quantitative estimate of drug-likeness (QED) is 0.607. The average molecular weight is 406 g/mol. The fourth-order valence-electron chi connectivity index (χ4n) is 6.67. The van der Waals surface area contributed by atoms with Crippen LogP contribution in [0.3, 0.4) is 0 Å². The molecule has 164 valence electrons. The monoisotopic (exact) mass is 405 g/mol. The van der Waals surface area contributed by atoms with Gasteiger partial charge in [-0.2, -0.15) is 0 Å². The molecule has 4 bridgehead atoms. The summed E-state index contributed by atoms with van der Waals surface area (Å²) < 4.78 is 5.37. The number of hydrogen-bond donors (Lipinski definition) is 2. The molecule has 0 spiro atoms. The second kappa shape index (κ2) is 8.93. The van der Waals surface area contributed by atoms with Crippen molar-refractivity contribution >= 4 is 11.8 Å². The van der Waals surface area contributed by atoms with Gasteiger partial charge in [0, 0.05) is 25.0 Å². The predicted octanol–water partition coefficient (Wildman–Crippen LogP) is 2.18. The Morgan fingerprint density at radius 2 is 1.62 bits per heavy atom. The van der Waals surface area contributed by atoms with Crippen molar-refractivity contribution in [3.8, 4) is 0 Å². The molecule has 4 saturated carbocycles. The van der Waals surface area contributed by atoms with Crippen molar-refractivity contribution in [1.29, 1.82) is 0 Å². The molecule has 1 aliphatic heterocycles. The minimum atomic E-state index is -0.432. The minimum Gasteiger partial charge on any atom is -0.379 e. The highest BCUT2D eigenvalue weighted by molar-refractivity contribution is 5.90. The third-order valence-electron chi connectivity index (χ3n) is 7.81. The number of amides is 2. The van der Waals surface area contributed by atoms with Crippen LogP contribution >= 0.6 is 0 Å². The summed E-state index contributed by atoms with van der Waals surface area (Å²) in [5, 5.41) is 6.26. The molecule has 29 heavy (non-hydrogen) atoms. The van der Waals surface area contributed by atoms with E-state index in [0.29, 0.717) is 6.54 Å². The van der Waals surface area contributed by atoms with E-state index >= 15 is 0 Å². The molecular formula is C23H39N3O3. The van der Waals surface area contributed by atoms with Crippen LogP contribution in [0.25, 0.3) is 0 Å². The van der Waals surface area contributed by atoms with Gasteiger partial charge in [-0.3, -0.25) is 14.5 Å². The fraction of sp³-hybridized carbons (Fsp3) is 0.913. The molecule has 0 aromatic heterocycles. The van der Waals surface area contributed by atoms with Crippen molar-refractivity contribution in [2.75, 3.05) is 39.4 Å². The van der Waals surface area contributed by atoms with Crippen molar-refractivity contribution < 1.29 is 14.3 Å². The first-order valence-electron chi connectivity index (χ1n) is 11.8. The smallest absolute Gasteiger partial charge is 0.242 e. The van der Waals surface area contributed by atoms with E-state index in [0.717, 1.165) is 76.3 Å². The van der Waals surface area contributed by atoms with Gasteiger partial charge in [-0.1, -0.05) is 13.8 Å². The van der Waals surface area contributed by atoms with Crippen LogP contribution < -0.4 is 10.6 Å². The largest absolute Gasteiger partial charge is 0.379 e. The van der Waals surface area contributed by atoms with Crippen molar-refractivity contribution in [3.05, 3.63) is 0 Å². The first-order valence-corrected chi connectivity index (χ1v) is 11.8. The van der Waals surface area contributed by atoms with Crippen LogP contribution in [0.2, 0.25) is 0 Å². The van der Waals surface area contributed by atoms with Crippen LogP contribution in [0.4, 0.5) is 0 Å². The highest BCUT2D eigenvalue weighted by Gasteiger charge is 2.55. The Kier molecular flexibility index (Phi) is 6.50. The summed E-state index contributed by atoms with van der Waals surface area (Å²) in [6.45, 7) is 9.25. The summed E-state index contributed by atoms with van der Waals surface area (Å²) >= 11 is 0. The summed E-state index contributed by atoms with van der Waals surface area (Å²) in [7, 11) is 0. The van der Waals surface area contributed by atoms with Crippen molar-refractivity contribution in [2.45, 2.75) is 64.8 Å². The topological polar surface area (TPSA) is 70.7 Å². The predicted molar refractivity (Wildman–Crippen MR) is 112 cm³/mol. The maximum atomic E-state index is 13.3. The number of hydrogen-bond acceptors (Lipinski definition) is 4. The summed E-state index contributed by atoms with van der Waals surface area (Å²) in [6.07, 6.45) is 8.02. The van der Waals surface area contributed by atoms with Crippen LogP contribution in [0.5, 0.6) is 0 Å². The van der Waals surface area contributed by atoms with Crippen LogP contribution in [-0.2, 0) is 14.3 Å². The summed E-state index contributed by atoms with van der Waals surface area (Å²) in [6, 6.07) is -0.432. The normalized spacial score (nSPS) is 34.9. The number of ether oxygens (including phenoxy) is 1. The molecule has 1 atom stereocenters. The molecule has 0 aromatic carbocycles. The molecule has 6 nitrogen and oxygen atoms in total. The Hall–Kier alpha value is -1.14. The van der Waals surface area contributed by atoms with Gasteiger partial charge in [-0.25, -0.2) is 0 Å². The first-order chi connectivity index (χ1) is 13.9. The molecule has 1 unspecified atom stereocenters. The van der Waals surface area contributed by atoms with E-state index in [4.69, 9.17) is 4.74 Å². The molecule has 5 fully saturated rings. The standard InChI is InChI=1S/C23H39N3O3/c1-16(2)20(21(27)24-4-3-5-26-6-8-29-9-7-26)25-22(28)23-13-17-10-18(14-23)12-19(11-17)15-23/h16-20H,3-15H2,1-2H3,(H,24,27)(H,25,28). The molecule has 0 radical (unpaired) electrons. The lowest BCUT2D eigenvalue weighted by Crippen LogP contribution is -2.58. The maximum Gasteiger partial charge on any atom is 0.242 e. The Labute approximate surface area is 175 Å². The van der Waals surface area contributed by atoms with Gasteiger partial charge in [0.25, 0.3) is 0 Å². The number of rotatable bonds is 8. The number of nitrogens with one attached hydrogen (secondary N) is 2. The van der Waals surface area contributed by atoms with Gasteiger partial charge in [-0.15, -0.1) is 0 Å². The zero-order valence-electron chi connectivity index (χ0n) is 18.3. The van der Waals surface area contributed by atoms with E-state index < -0.39 is 6.04 Å². The molecule has 1 saturated heterocycles. The van der Waals surface area contributed by atoms with Crippen LogP contribution in [0, 0.1) is 29.1 Å². The highest BCUT2D eigenvalue weighted by Crippen LogP contribution is 2.60. The first kappa shape index (κ1) is 21.1. The molecule has 1 heterocycles. The Balaban J connectivity index is 1.27. The molecule has 2 amide bonds. The van der Waals surface area contributed by atoms with Crippen LogP contribution in [0.15, 0.2) is 0 Å². The van der Waals surface area contributed by atoms with Gasteiger partial charge in [0.1, 0.15) is 6.04 Å². The van der Waals surface area contributed by atoms with Gasteiger partial charge in [0.2, 0.25) is 11.8 Å². The molecule has 0 aromatic rings. The summed E-state index contributed by atoms with van der Waals surface area (Å²) in [4.78, 5) is 28.6. The molecule has 5 aliphatic rings. The van der Waals surface area contributed by atoms with Crippen molar-refractivity contribution in [3.63, 3.8) is 0 Å². The lowest BCUT2D eigenvalue weighted by Gasteiger charge is -2.55. The van der Waals surface area contributed by atoms with E-state index in [9.17, 15) is 9.59 Å². The highest BCUT2D eigenvalue weighted by atomic mass is 16.5. The molecule has 5 rings (SSSR count). The third-order valence-corrected chi connectivity index (χ3v) is 7.81. The van der Waals surface area contributed by atoms with Crippen LogP contribution in [0.1, 0.15) is 58.8 Å². The summed E-state index contributed by atoms with van der Waals surface area (Å²) in [5.74, 6) is 2.42. The average Bonchev–Trinajstić information content (AvgIpc) is 2.68. The number of morpholine rings is 1. The van der Waals surface area contributed by atoms with E-state index in [1.807, 2.05) is 13.8 Å². The van der Waals surface area contributed by atoms with Gasteiger partial charge in [0.15, 0.2) is 0 Å². The van der Waals surface area contributed by atoms with Gasteiger partial charge in [0.05, 0.1) is 13.2 Å². The Morgan fingerprint density at radius 1 is 1.03 bits per heavy atom. The van der Waals surface area contributed by atoms with Crippen LogP contribution in [-0.4, -0.2) is 62.1 Å². The second-order valence-electron chi connectivity index (χ2n) is 10.5. The van der Waals surface area contributed by atoms with E-state index in [1.165, 1.54) is 19.3 Å². The minimum absolute atomic E-state index is 0.0277. The molecule has 4 aliphatic carbocycles. The molecular weight excluding hydrogens is 366 g/mol. The summed E-state index contributed by atoms with van der Waals surface area (Å²) in [5.41, 5.74) is -0.196. The van der Waals surface area contributed by atoms with E-state index in [2.05, 4.69) is 15.5 Å². The third kappa shape index (κ3) is 4.79. The van der Waals surface area contributed by atoms with Gasteiger partial charge in [-0.05, 0) is 75.2 Å². The van der Waals surface area contributed by atoms with E-state index in [-0.39, 0.29) is 23.1 Å². The lowest BCUT2D eigenvalue weighted by atomic mass is 9.49. The maximum absolute atomic E-state index is 13.3. The van der Waals surface area contributed by atoms with Crippen molar-refractivity contribution in [2.24, 2.45) is 29.1 Å². The zero-order chi connectivity index (χ0) is 20.4. The Morgan fingerprint density at radius 3 is 2.17 bits per heavy atom. The van der Waals surface area contributed by atoms with E-state index in [1.54, 1.807) is 0 Å². The number of carbonyl (C=O) groups is 2. The number of carbonyl (C=O) groups excluding carboxylic acids is 2. The molecule has 6 heteroatoms. The van der Waals surface area contributed by atoms with Gasteiger partial charge < -0.3 is 15.4 Å². The number of nitrogens with zero attached hydrogens (tertiary/aromatic N) is 1. The lowest BCUT2D eigenvalue weighted by molar-refractivity contribution is -0.149. The van der Waals surface area contributed by atoms with Gasteiger partial charge >= 0.3 is 0 Å². The SMILES string of the molecule is CC(C)C(NC(=O)C12CC3CC(CC(C3)C1)C2)C(=O)NCCCN1CCOCC1.